The van der Waals surface area contributed by atoms with Crippen LogP contribution in [0.4, 0.5) is 13.2 Å². The van der Waals surface area contributed by atoms with Crippen LogP contribution in [0.5, 0.6) is 5.75 Å². The van der Waals surface area contributed by atoms with Gasteiger partial charge in [-0.25, -0.2) is 0 Å². The zero-order valence-corrected chi connectivity index (χ0v) is 11.6. The predicted molar refractivity (Wildman–Crippen MR) is 72.2 cm³/mol. The van der Waals surface area contributed by atoms with E-state index in [4.69, 9.17) is 0 Å². The number of benzene rings is 1. The highest BCUT2D eigenvalue weighted by molar-refractivity contribution is 5.29. The highest BCUT2D eigenvalue weighted by Gasteiger charge is 2.31. The first-order valence-electron chi connectivity index (χ1n) is 6.45. The summed E-state index contributed by atoms with van der Waals surface area (Å²) in [7, 11) is 0. The molecule has 1 rings (SSSR count). The van der Waals surface area contributed by atoms with E-state index in [1.165, 1.54) is 12.1 Å². The van der Waals surface area contributed by atoms with Crippen LogP contribution in [0.25, 0.3) is 0 Å². The van der Waals surface area contributed by atoms with Crippen LogP contribution in [0.1, 0.15) is 38.3 Å². The lowest BCUT2D eigenvalue weighted by Gasteiger charge is -2.18. The summed E-state index contributed by atoms with van der Waals surface area (Å²) in [6.07, 6.45) is -3.09. The van der Waals surface area contributed by atoms with Gasteiger partial charge in [0.2, 0.25) is 0 Å². The summed E-state index contributed by atoms with van der Waals surface area (Å²) in [4.78, 5) is 0. The van der Waals surface area contributed by atoms with Gasteiger partial charge in [0.1, 0.15) is 5.75 Å². The Hall–Kier alpha value is -1.67. The van der Waals surface area contributed by atoms with Crippen molar-refractivity contribution in [3.63, 3.8) is 0 Å². The normalized spacial score (nSPS) is 12.4. The Morgan fingerprint density at radius 1 is 1.25 bits per heavy atom. The highest BCUT2D eigenvalue weighted by Crippen LogP contribution is 2.25. The molecule has 0 amide bonds. The van der Waals surface area contributed by atoms with Crippen molar-refractivity contribution >= 4 is 0 Å². The van der Waals surface area contributed by atoms with E-state index < -0.39 is 6.36 Å². The minimum absolute atomic E-state index is 0.0841. The molecule has 1 N–H and O–H groups in total. The van der Waals surface area contributed by atoms with Crippen LogP contribution in [0.2, 0.25) is 0 Å². The van der Waals surface area contributed by atoms with E-state index in [2.05, 4.69) is 21.9 Å². The molecule has 1 unspecified atom stereocenters. The van der Waals surface area contributed by atoms with E-state index in [0.29, 0.717) is 0 Å². The number of halogens is 3. The molecule has 0 aliphatic rings. The van der Waals surface area contributed by atoms with Crippen LogP contribution < -0.4 is 10.1 Å². The van der Waals surface area contributed by atoms with Crippen molar-refractivity contribution in [3.8, 4) is 17.6 Å². The Morgan fingerprint density at radius 2 is 1.90 bits per heavy atom. The number of ether oxygens (including phenoxy) is 1. The van der Waals surface area contributed by atoms with Gasteiger partial charge in [-0.05, 0) is 37.6 Å². The molecule has 5 heteroatoms. The van der Waals surface area contributed by atoms with Crippen LogP contribution in [0.15, 0.2) is 24.3 Å². The second-order valence-electron chi connectivity index (χ2n) is 4.19. The molecule has 0 radical (unpaired) electrons. The summed E-state index contributed by atoms with van der Waals surface area (Å²) in [5, 5.41) is 3.29. The van der Waals surface area contributed by atoms with Crippen LogP contribution in [0.3, 0.4) is 0 Å². The van der Waals surface area contributed by atoms with Crippen LogP contribution in [-0.4, -0.2) is 12.9 Å². The monoisotopic (exact) mass is 285 g/mol. The molecular formula is C15H18F3NO. The summed E-state index contributed by atoms with van der Waals surface area (Å²) in [5.74, 6) is 5.61. The van der Waals surface area contributed by atoms with Crippen molar-refractivity contribution in [1.82, 2.24) is 5.32 Å². The summed E-state index contributed by atoms with van der Waals surface area (Å²) in [6.45, 7) is 4.55. The molecule has 20 heavy (non-hydrogen) atoms. The largest absolute Gasteiger partial charge is 0.573 e. The molecule has 1 aromatic rings. The molecule has 0 aliphatic carbocycles. The molecule has 1 atom stereocenters. The van der Waals surface area contributed by atoms with Gasteiger partial charge in [-0.15, -0.1) is 25.0 Å². The average Bonchev–Trinajstić information content (AvgIpc) is 2.37. The lowest BCUT2D eigenvalue weighted by atomic mass is 10.0. The third-order valence-electron chi connectivity index (χ3n) is 2.70. The molecule has 0 heterocycles. The first-order chi connectivity index (χ1) is 9.46. The van der Waals surface area contributed by atoms with E-state index in [0.717, 1.165) is 24.9 Å². The lowest BCUT2D eigenvalue weighted by molar-refractivity contribution is -0.274. The van der Waals surface area contributed by atoms with Crippen molar-refractivity contribution in [2.45, 2.75) is 39.1 Å². The molecule has 0 saturated heterocycles. The lowest BCUT2D eigenvalue weighted by Crippen LogP contribution is -2.21. The zero-order valence-electron chi connectivity index (χ0n) is 11.6. The quantitative estimate of drug-likeness (QED) is 0.796. The molecular weight excluding hydrogens is 267 g/mol. The standard InChI is InChI=1S/C15H18F3NO/c1-3-5-6-7-14(19-4-2)12-8-10-13(11-9-12)20-15(16,17)18/h8-11,14,19H,4,6-7H2,1-2H3. The number of rotatable bonds is 6. The maximum Gasteiger partial charge on any atom is 0.573 e. The van der Waals surface area contributed by atoms with Gasteiger partial charge in [0.25, 0.3) is 0 Å². The van der Waals surface area contributed by atoms with Crippen molar-refractivity contribution in [2.24, 2.45) is 0 Å². The van der Waals surface area contributed by atoms with Gasteiger partial charge in [0.15, 0.2) is 0 Å². The second-order valence-corrected chi connectivity index (χ2v) is 4.19. The molecule has 0 bridgehead atoms. The maximum absolute atomic E-state index is 12.1. The van der Waals surface area contributed by atoms with Crippen LogP contribution in [-0.2, 0) is 0 Å². The van der Waals surface area contributed by atoms with E-state index in [-0.39, 0.29) is 11.8 Å². The predicted octanol–water partition coefficient (Wildman–Crippen LogP) is 4.04. The summed E-state index contributed by atoms with van der Waals surface area (Å²) in [6, 6.07) is 6.04. The SMILES string of the molecule is CC#CCCC(NCC)c1ccc(OC(F)(F)F)cc1. The highest BCUT2D eigenvalue weighted by atomic mass is 19.4. The molecule has 0 aliphatic heterocycles. The fourth-order valence-electron chi connectivity index (χ4n) is 1.88. The van der Waals surface area contributed by atoms with Crippen molar-refractivity contribution in [3.05, 3.63) is 29.8 Å². The van der Waals surface area contributed by atoms with Gasteiger partial charge < -0.3 is 10.1 Å². The van der Waals surface area contributed by atoms with E-state index in [1.807, 2.05) is 6.92 Å². The van der Waals surface area contributed by atoms with Gasteiger partial charge in [0.05, 0.1) is 0 Å². The molecule has 2 nitrogen and oxygen atoms in total. The Labute approximate surface area is 117 Å². The van der Waals surface area contributed by atoms with E-state index in [1.54, 1.807) is 19.1 Å². The van der Waals surface area contributed by atoms with Gasteiger partial charge in [-0.3, -0.25) is 0 Å². The van der Waals surface area contributed by atoms with Crippen molar-refractivity contribution < 1.29 is 17.9 Å². The summed E-state index contributed by atoms with van der Waals surface area (Å²) >= 11 is 0. The second kappa shape index (κ2) is 7.81. The Balaban J connectivity index is 2.73. The first kappa shape index (κ1) is 16.4. The van der Waals surface area contributed by atoms with Crippen LogP contribution >= 0.6 is 0 Å². The molecule has 0 aromatic heterocycles. The molecule has 0 saturated carbocycles. The Morgan fingerprint density at radius 3 is 2.40 bits per heavy atom. The summed E-state index contributed by atoms with van der Waals surface area (Å²) < 4.78 is 40.1. The van der Waals surface area contributed by atoms with Crippen molar-refractivity contribution in [1.29, 1.82) is 0 Å². The fourth-order valence-corrected chi connectivity index (χ4v) is 1.88. The molecule has 0 fully saturated rings. The molecule has 0 spiro atoms. The Bertz CT molecular complexity index is 457. The molecule has 1 aromatic carbocycles. The minimum atomic E-state index is -4.65. The zero-order chi connectivity index (χ0) is 15.0. The third kappa shape index (κ3) is 5.98. The van der Waals surface area contributed by atoms with E-state index in [9.17, 15) is 13.2 Å². The molecule has 110 valence electrons. The van der Waals surface area contributed by atoms with Crippen LogP contribution in [0, 0.1) is 11.8 Å². The number of nitrogens with one attached hydrogen (secondary N) is 1. The van der Waals surface area contributed by atoms with Gasteiger partial charge in [-0.1, -0.05) is 19.1 Å². The minimum Gasteiger partial charge on any atom is -0.406 e. The number of hydrogen-bond donors (Lipinski definition) is 1. The smallest absolute Gasteiger partial charge is 0.406 e. The first-order valence-corrected chi connectivity index (χ1v) is 6.45. The Kier molecular flexibility index (Phi) is 6.40. The summed E-state index contributed by atoms with van der Waals surface area (Å²) in [5.41, 5.74) is 0.930. The number of alkyl halides is 3. The van der Waals surface area contributed by atoms with Crippen molar-refractivity contribution in [2.75, 3.05) is 6.54 Å². The van der Waals surface area contributed by atoms with E-state index >= 15 is 0 Å². The van der Waals surface area contributed by atoms with Gasteiger partial charge in [-0.2, -0.15) is 0 Å². The average molecular weight is 285 g/mol. The number of hydrogen-bond acceptors (Lipinski definition) is 2. The maximum atomic E-state index is 12.1. The topological polar surface area (TPSA) is 21.3 Å². The fraction of sp³-hybridized carbons (Fsp3) is 0.467. The van der Waals surface area contributed by atoms with Gasteiger partial charge >= 0.3 is 6.36 Å². The third-order valence-corrected chi connectivity index (χ3v) is 2.70. The van der Waals surface area contributed by atoms with Gasteiger partial charge in [0, 0.05) is 12.5 Å².